The van der Waals surface area contributed by atoms with Crippen molar-refractivity contribution in [2.75, 3.05) is 97.1 Å². The first-order chi connectivity index (χ1) is 36.4. The molecule has 0 aromatic heterocycles. The number of esters is 2. The Labute approximate surface area is 460 Å². The van der Waals surface area contributed by atoms with Crippen LogP contribution >= 0.6 is 11.8 Å². The molecule has 77 heavy (non-hydrogen) atoms. The molecule has 1 heterocycles. The summed E-state index contributed by atoms with van der Waals surface area (Å²) in [5, 5.41) is 11.2. The fraction of sp³-hybridized carbons (Fsp3) is 0.625. The molecule has 20 nitrogen and oxygen atoms in total. The second-order valence-corrected chi connectivity index (χ2v) is 22.4. The molecule has 0 spiro atoms. The molecular formula is C56H86N8O12S. The van der Waals surface area contributed by atoms with E-state index in [-0.39, 0.29) is 87.0 Å². The van der Waals surface area contributed by atoms with Crippen LogP contribution in [0.1, 0.15) is 115 Å². The summed E-state index contributed by atoms with van der Waals surface area (Å²) in [5.41, 5.74) is 0.448. The number of Topliss-reactive ketones (excluding diaryl/α,β-unsaturated/α-hetero) is 3. The number of nitrogens with zero attached hydrogens (tertiary/aromatic N) is 4. The van der Waals surface area contributed by atoms with Gasteiger partial charge in [0.25, 0.3) is 5.91 Å². The Hall–Kier alpha value is -5.74. The molecule has 1 aliphatic heterocycles. The van der Waals surface area contributed by atoms with Gasteiger partial charge in [0, 0.05) is 83.9 Å². The zero-order valence-corrected chi connectivity index (χ0v) is 47.8. The lowest BCUT2D eigenvalue weighted by Gasteiger charge is -2.34. The van der Waals surface area contributed by atoms with Crippen molar-refractivity contribution < 1.29 is 57.4 Å². The SMILES string of the molecule is CSCC[C@H](NC(=O)c1cccc(CNC(=O)CN2CCN(CC(C)=O)CCN(CC(=O)OC(C)(C)C)CCN(CC(=O)OC(C)(C)C)CC2)c1)C(=O)CCC(=O)N[C@@H](CCCCNC(=O)OCc1ccccc1)C(C)=O. The summed E-state index contributed by atoms with van der Waals surface area (Å²) in [5.74, 6) is -1.99. The minimum absolute atomic E-state index is 0.00411. The highest BCUT2D eigenvalue weighted by molar-refractivity contribution is 7.98. The van der Waals surface area contributed by atoms with Crippen molar-refractivity contribution >= 4 is 64.9 Å². The van der Waals surface area contributed by atoms with E-state index in [9.17, 15) is 43.2 Å². The average molecular weight is 1100 g/mol. The predicted octanol–water partition coefficient (Wildman–Crippen LogP) is 4.17. The molecule has 3 rings (SSSR count). The third kappa shape index (κ3) is 29.5. The van der Waals surface area contributed by atoms with Crippen LogP contribution in [0.2, 0.25) is 0 Å². The molecule has 428 valence electrons. The van der Waals surface area contributed by atoms with Crippen molar-refractivity contribution in [1.82, 2.24) is 40.9 Å². The lowest BCUT2D eigenvalue weighted by Crippen LogP contribution is -2.50. The molecule has 0 radical (unpaired) electrons. The minimum atomic E-state index is -0.871. The van der Waals surface area contributed by atoms with Crippen molar-refractivity contribution in [1.29, 1.82) is 0 Å². The molecule has 0 bridgehead atoms. The topological polar surface area (TPSA) is 242 Å². The maximum absolute atomic E-state index is 13.6. The molecule has 4 N–H and O–H groups in total. The van der Waals surface area contributed by atoms with E-state index < -0.39 is 47.2 Å². The molecule has 0 aliphatic carbocycles. The van der Waals surface area contributed by atoms with Gasteiger partial charge in [-0.25, -0.2) is 4.79 Å². The van der Waals surface area contributed by atoms with E-state index in [0.29, 0.717) is 95.9 Å². The van der Waals surface area contributed by atoms with Gasteiger partial charge in [-0.2, -0.15) is 11.8 Å². The summed E-state index contributed by atoms with van der Waals surface area (Å²) in [6.45, 7) is 18.1. The standard InChI is InChI=1S/C56H86N8O12S/c1-41(65)36-61-25-27-62(28-30-64(39-52(71)76-56(6,7)8)32-31-63(29-26-61)38-51(70)75-55(3,4)5)37-50(69)58-35-44-18-15-19-45(34-44)53(72)60-47(23-33-77-9)48(67)21-22-49(68)59-46(42(2)66)20-13-14-24-57-54(73)74-40-43-16-11-10-12-17-43/h10-12,15-19,34,46-47H,13-14,20-33,35-40H2,1-9H3,(H,57,73)(H,58,69)(H,59,68)(H,60,72)/t46-,47-/m0/s1. The number of amides is 4. The number of thioether (sulfide) groups is 1. The summed E-state index contributed by atoms with van der Waals surface area (Å²) in [7, 11) is 0. The van der Waals surface area contributed by atoms with Gasteiger partial charge in [-0.3, -0.25) is 58.0 Å². The molecule has 0 saturated carbocycles. The number of hydrogen-bond acceptors (Lipinski definition) is 17. The monoisotopic (exact) mass is 1090 g/mol. The molecule has 2 aromatic carbocycles. The zero-order chi connectivity index (χ0) is 57.0. The van der Waals surface area contributed by atoms with Gasteiger partial charge in [-0.15, -0.1) is 0 Å². The minimum Gasteiger partial charge on any atom is -0.459 e. The van der Waals surface area contributed by atoms with Crippen molar-refractivity contribution in [2.24, 2.45) is 0 Å². The molecule has 1 fully saturated rings. The normalized spacial score (nSPS) is 15.3. The highest BCUT2D eigenvalue weighted by atomic mass is 32.2. The van der Waals surface area contributed by atoms with E-state index in [1.165, 1.54) is 25.6 Å². The molecule has 2 atom stereocenters. The van der Waals surface area contributed by atoms with Crippen molar-refractivity contribution in [3.63, 3.8) is 0 Å². The number of hydrogen-bond donors (Lipinski definition) is 4. The van der Waals surface area contributed by atoms with E-state index in [2.05, 4.69) is 21.3 Å². The maximum atomic E-state index is 13.6. The average Bonchev–Trinajstić information content (AvgIpc) is 3.34. The molecule has 1 saturated heterocycles. The van der Waals surface area contributed by atoms with Gasteiger partial charge in [0.05, 0.1) is 38.3 Å². The number of carbonyl (C=O) groups excluding carboxylic acids is 9. The van der Waals surface area contributed by atoms with Gasteiger partial charge in [0.15, 0.2) is 11.6 Å². The maximum Gasteiger partial charge on any atom is 0.407 e. The Morgan fingerprint density at radius 3 is 1.68 bits per heavy atom. The summed E-state index contributed by atoms with van der Waals surface area (Å²) in [6.07, 6.45) is 2.80. The third-order valence-corrected chi connectivity index (χ3v) is 12.7. The second kappa shape index (κ2) is 34.2. The van der Waals surface area contributed by atoms with Crippen LogP contribution in [0.25, 0.3) is 0 Å². The fourth-order valence-electron chi connectivity index (χ4n) is 8.20. The van der Waals surface area contributed by atoms with Crippen LogP contribution in [0.5, 0.6) is 0 Å². The van der Waals surface area contributed by atoms with Crippen molar-refractivity contribution in [3.8, 4) is 0 Å². The highest BCUT2D eigenvalue weighted by Gasteiger charge is 2.27. The quantitative estimate of drug-likeness (QED) is 0.0531. The molecule has 4 amide bonds. The van der Waals surface area contributed by atoms with Crippen LogP contribution < -0.4 is 21.3 Å². The van der Waals surface area contributed by atoms with Crippen LogP contribution in [0.4, 0.5) is 4.79 Å². The smallest absolute Gasteiger partial charge is 0.407 e. The lowest BCUT2D eigenvalue weighted by atomic mass is 10.0. The Kier molecular flexibility index (Phi) is 29.1. The van der Waals surface area contributed by atoms with E-state index in [1.54, 1.807) is 45.0 Å². The number of unbranched alkanes of at least 4 members (excludes halogenated alkanes) is 1. The lowest BCUT2D eigenvalue weighted by molar-refractivity contribution is -0.158. The summed E-state index contributed by atoms with van der Waals surface area (Å²) in [4.78, 5) is 125. The van der Waals surface area contributed by atoms with E-state index in [1.807, 2.05) is 77.0 Å². The number of benzene rings is 2. The van der Waals surface area contributed by atoms with Gasteiger partial charge in [-0.05, 0) is 116 Å². The first-order valence-corrected chi connectivity index (χ1v) is 28.0. The molecule has 0 unspecified atom stereocenters. The van der Waals surface area contributed by atoms with Gasteiger partial charge < -0.3 is 35.5 Å². The number of nitrogens with one attached hydrogen (secondary N) is 4. The number of carbonyl (C=O) groups is 9. The third-order valence-electron chi connectivity index (χ3n) is 12.1. The van der Waals surface area contributed by atoms with E-state index in [0.717, 1.165) is 5.56 Å². The molecular weight excluding hydrogens is 1010 g/mol. The number of ketones is 3. The second-order valence-electron chi connectivity index (χ2n) is 21.4. The van der Waals surface area contributed by atoms with Crippen molar-refractivity contribution in [2.45, 2.75) is 130 Å². The van der Waals surface area contributed by atoms with Crippen molar-refractivity contribution in [3.05, 3.63) is 71.3 Å². The first kappa shape index (κ1) is 65.5. The first-order valence-electron chi connectivity index (χ1n) is 26.6. The van der Waals surface area contributed by atoms with E-state index in [4.69, 9.17) is 14.2 Å². The van der Waals surface area contributed by atoms with Crippen LogP contribution in [0.15, 0.2) is 54.6 Å². The molecule has 21 heteroatoms. The Morgan fingerprint density at radius 2 is 1.14 bits per heavy atom. The van der Waals surface area contributed by atoms with Crippen LogP contribution in [-0.2, 0) is 60.9 Å². The van der Waals surface area contributed by atoms with Gasteiger partial charge in [0.1, 0.15) is 23.6 Å². The van der Waals surface area contributed by atoms with Gasteiger partial charge in [0.2, 0.25) is 11.8 Å². The number of ether oxygens (including phenoxy) is 3. The van der Waals surface area contributed by atoms with Crippen LogP contribution in [0.3, 0.4) is 0 Å². The number of rotatable bonds is 28. The van der Waals surface area contributed by atoms with Gasteiger partial charge in [-0.1, -0.05) is 42.5 Å². The van der Waals surface area contributed by atoms with E-state index >= 15 is 0 Å². The highest BCUT2D eigenvalue weighted by Crippen LogP contribution is 2.13. The summed E-state index contributed by atoms with van der Waals surface area (Å²) < 4.78 is 16.5. The predicted molar refractivity (Wildman–Crippen MR) is 296 cm³/mol. The Balaban J connectivity index is 1.58. The Morgan fingerprint density at radius 1 is 0.597 bits per heavy atom. The molecule has 1 aliphatic rings. The van der Waals surface area contributed by atoms with Crippen LogP contribution in [-0.4, -0.2) is 193 Å². The Bertz CT molecular complexity index is 2240. The van der Waals surface area contributed by atoms with Crippen LogP contribution in [0, 0.1) is 0 Å². The number of alkyl carbamates (subject to hydrolysis) is 1. The molecule has 2 aromatic rings. The van der Waals surface area contributed by atoms with Gasteiger partial charge >= 0.3 is 18.0 Å². The fourth-order valence-corrected chi connectivity index (χ4v) is 8.68. The zero-order valence-electron chi connectivity index (χ0n) is 47.0. The summed E-state index contributed by atoms with van der Waals surface area (Å²) in [6, 6.07) is 14.4. The largest absolute Gasteiger partial charge is 0.459 e. The summed E-state index contributed by atoms with van der Waals surface area (Å²) >= 11 is 1.51.